The van der Waals surface area contributed by atoms with E-state index >= 15 is 0 Å². The van der Waals surface area contributed by atoms with Crippen LogP contribution in [0, 0.1) is 0 Å². The minimum atomic E-state index is -1.19. The lowest BCUT2D eigenvalue weighted by atomic mass is 9.98. The highest BCUT2D eigenvalue weighted by atomic mass is 35.5. The smallest absolute Gasteiger partial charge is 0.340 e. The summed E-state index contributed by atoms with van der Waals surface area (Å²) in [6.45, 7) is 0. The molecule has 5 rings (SSSR count). The summed E-state index contributed by atoms with van der Waals surface area (Å²) in [6.07, 6.45) is 0. The van der Waals surface area contributed by atoms with Gasteiger partial charge in [-0.3, -0.25) is 4.79 Å². The lowest BCUT2D eigenvalue weighted by Gasteiger charge is -2.21. The average molecular weight is 471 g/mol. The van der Waals surface area contributed by atoms with Crippen molar-refractivity contribution in [1.82, 2.24) is 0 Å². The van der Waals surface area contributed by atoms with Gasteiger partial charge in [-0.1, -0.05) is 109 Å². The van der Waals surface area contributed by atoms with Crippen molar-refractivity contribution in [2.24, 2.45) is 0 Å². The fourth-order valence-electron chi connectivity index (χ4n) is 3.66. The quantitative estimate of drug-likeness (QED) is 0.228. The molecule has 0 bridgehead atoms. The molecule has 4 aromatic rings. The number of alkyl halides is 1. The lowest BCUT2D eigenvalue weighted by molar-refractivity contribution is 0.0365. The molecule has 1 aliphatic rings. The fourth-order valence-corrected chi connectivity index (χ4v) is 4.02. The molecular formula is C28H19ClO5. The Labute approximate surface area is 201 Å². The number of carbonyl (C=O) groups excluding carboxylic acids is 2. The second-order valence-electron chi connectivity index (χ2n) is 7.44. The van der Waals surface area contributed by atoms with E-state index in [1.807, 2.05) is 42.5 Å². The molecule has 0 aliphatic carbocycles. The average Bonchev–Trinajstić information content (AvgIpc) is 3.16. The predicted octanol–water partition coefficient (Wildman–Crippen LogP) is 5.91. The minimum Gasteiger partial charge on any atom is -0.478 e. The molecule has 0 saturated heterocycles. The maximum Gasteiger partial charge on any atom is 0.340 e. The first-order valence-corrected chi connectivity index (χ1v) is 10.8. The van der Waals surface area contributed by atoms with Crippen LogP contribution in [0.4, 0.5) is 0 Å². The van der Waals surface area contributed by atoms with E-state index in [9.17, 15) is 14.4 Å². The molecule has 0 saturated carbocycles. The van der Waals surface area contributed by atoms with E-state index in [1.54, 1.807) is 54.6 Å². The van der Waals surface area contributed by atoms with E-state index in [0.29, 0.717) is 16.7 Å². The van der Waals surface area contributed by atoms with E-state index in [1.165, 1.54) is 12.1 Å². The van der Waals surface area contributed by atoms with E-state index < -0.39 is 11.0 Å². The molecule has 1 unspecified atom stereocenters. The van der Waals surface area contributed by atoms with Gasteiger partial charge in [0, 0.05) is 22.3 Å². The van der Waals surface area contributed by atoms with Crippen LogP contribution in [0.2, 0.25) is 0 Å². The highest BCUT2D eigenvalue weighted by Crippen LogP contribution is 2.44. The largest absolute Gasteiger partial charge is 0.478 e. The van der Waals surface area contributed by atoms with Crippen LogP contribution in [0.3, 0.4) is 0 Å². The first-order chi connectivity index (χ1) is 16.4. The number of ether oxygens (including phenoxy) is 1. The Kier molecular flexibility index (Phi) is 6.57. The van der Waals surface area contributed by atoms with E-state index in [0.717, 1.165) is 5.56 Å². The van der Waals surface area contributed by atoms with Gasteiger partial charge in [0.05, 0.1) is 11.1 Å². The van der Waals surface area contributed by atoms with Gasteiger partial charge in [0.25, 0.3) is 0 Å². The van der Waals surface area contributed by atoms with Gasteiger partial charge >= 0.3 is 11.9 Å². The van der Waals surface area contributed by atoms with E-state index in [4.69, 9.17) is 21.4 Å². The molecule has 4 aromatic carbocycles. The SMILES string of the molecule is O=C(O)c1ccccc1C(=O)c1ccccc1.O=C1OC(Cl)(c2ccccc2)c2ccccc21. The van der Waals surface area contributed by atoms with Crippen LogP contribution < -0.4 is 0 Å². The van der Waals surface area contributed by atoms with Gasteiger partial charge in [0.2, 0.25) is 5.06 Å². The molecule has 0 spiro atoms. The van der Waals surface area contributed by atoms with Gasteiger partial charge < -0.3 is 9.84 Å². The summed E-state index contributed by atoms with van der Waals surface area (Å²) in [4.78, 5) is 34.9. The Hall–Kier alpha value is -4.22. The number of rotatable bonds is 4. The standard InChI is InChI=1S/C14H9ClO2.C14H10O3/c15-14(10-6-2-1-3-7-10)12-9-5-4-8-11(12)13(16)17-14;15-13(10-6-2-1-3-7-10)11-8-4-5-9-12(11)14(16)17/h1-9H;1-9H,(H,16,17). The maximum atomic E-state index is 12.1. The minimum absolute atomic E-state index is 0.0290. The van der Waals surface area contributed by atoms with Crippen molar-refractivity contribution in [3.8, 4) is 0 Å². The zero-order valence-electron chi connectivity index (χ0n) is 17.9. The fraction of sp³-hybridized carbons (Fsp3) is 0.0357. The van der Waals surface area contributed by atoms with Gasteiger partial charge in [-0.05, 0) is 12.1 Å². The first kappa shape index (κ1) is 23.0. The van der Waals surface area contributed by atoms with Gasteiger partial charge in [-0.25, -0.2) is 9.59 Å². The van der Waals surface area contributed by atoms with Crippen molar-refractivity contribution >= 4 is 29.3 Å². The van der Waals surface area contributed by atoms with Gasteiger partial charge in [-0.2, -0.15) is 0 Å². The molecule has 34 heavy (non-hydrogen) atoms. The molecule has 0 amide bonds. The van der Waals surface area contributed by atoms with Gasteiger partial charge in [0.1, 0.15) is 0 Å². The van der Waals surface area contributed by atoms with Crippen LogP contribution in [0.5, 0.6) is 0 Å². The summed E-state index contributed by atoms with van der Waals surface area (Å²) in [7, 11) is 0. The number of aromatic carboxylic acids is 1. The Balaban J connectivity index is 0.000000161. The van der Waals surface area contributed by atoms with Crippen molar-refractivity contribution in [1.29, 1.82) is 0 Å². The highest BCUT2D eigenvalue weighted by Gasteiger charge is 2.45. The third kappa shape index (κ3) is 4.47. The highest BCUT2D eigenvalue weighted by molar-refractivity contribution is 6.27. The second kappa shape index (κ2) is 9.73. The van der Waals surface area contributed by atoms with E-state index in [-0.39, 0.29) is 22.9 Å². The van der Waals surface area contributed by atoms with Crippen LogP contribution in [-0.2, 0) is 9.80 Å². The number of ketones is 1. The summed E-state index contributed by atoms with van der Waals surface area (Å²) in [5.74, 6) is -1.74. The van der Waals surface area contributed by atoms with Crippen LogP contribution >= 0.6 is 11.6 Å². The summed E-state index contributed by atoms with van der Waals surface area (Å²) < 4.78 is 5.33. The molecule has 168 valence electrons. The number of carboxylic acid groups (broad SMARTS) is 1. The number of esters is 1. The van der Waals surface area contributed by atoms with Crippen LogP contribution in [0.25, 0.3) is 0 Å². The van der Waals surface area contributed by atoms with Crippen molar-refractivity contribution in [2.45, 2.75) is 5.06 Å². The van der Waals surface area contributed by atoms with Gasteiger partial charge in [-0.15, -0.1) is 0 Å². The number of halogens is 1. The number of hydrogen-bond donors (Lipinski definition) is 1. The summed E-state index contributed by atoms with van der Waals surface area (Å²) in [6, 6.07) is 31.4. The molecule has 0 radical (unpaired) electrons. The lowest BCUT2D eigenvalue weighted by Crippen LogP contribution is -2.19. The molecule has 5 nitrogen and oxygen atoms in total. The summed E-state index contributed by atoms with van der Waals surface area (Å²) >= 11 is 6.48. The number of benzene rings is 4. The Morgan fingerprint density at radius 3 is 1.88 bits per heavy atom. The van der Waals surface area contributed by atoms with Crippen molar-refractivity contribution in [3.63, 3.8) is 0 Å². The molecule has 1 aliphatic heterocycles. The van der Waals surface area contributed by atoms with Gasteiger partial charge in [0.15, 0.2) is 5.78 Å². The molecule has 0 fully saturated rings. The zero-order valence-corrected chi connectivity index (χ0v) is 18.6. The molecule has 6 heteroatoms. The predicted molar refractivity (Wildman–Crippen MR) is 128 cm³/mol. The maximum absolute atomic E-state index is 12.1. The van der Waals surface area contributed by atoms with E-state index in [2.05, 4.69) is 0 Å². The van der Waals surface area contributed by atoms with Crippen molar-refractivity contribution in [2.75, 3.05) is 0 Å². The van der Waals surface area contributed by atoms with Crippen LogP contribution in [-0.4, -0.2) is 22.8 Å². The number of cyclic esters (lactones) is 1. The Morgan fingerprint density at radius 1 is 0.706 bits per heavy atom. The monoisotopic (exact) mass is 470 g/mol. The number of hydrogen-bond acceptors (Lipinski definition) is 4. The van der Waals surface area contributed by atoms with Crippen LogP contribution in [0.15, 0.2) is 109 Å². The molecule has 1 heterocycles. The summed E-state index contributed by atoms with van der Waals surface area (Å²) in [5, 5.41) is 7.82. The molecule has 0 aromatic heterocycles. The zero-order chi connectivity index (χ0) is 24.1. The normalized spacial score (nSPS) is 16.0. The first-order valence-electron chi connectivity index (χ1n) is 10.4. The third-order valence-corrected chi connectivity index (χ3v) is 5.81. The number of carboxylic acids is 1. The Morgan fingerprint density at radius 2 is 1.24 bits per heavy atom. The molecule has 1 N–H and O–H groups in total. The summed E-state index contributed by atoms with van der Waals surface area (Å²) in [5.41, 5.74) is 2.73. The molecule has 1 atom stereocenters. The topological polar surface area (TPSA) is 80.7 Å². The van der Waals surface area contributed by atoms with Crippen molar-refractivity contribution < 1.29 is 24.2 Å². The molecular weight excluding hydrogens is 452 g/mol. The second-order valence-corrected chi connectivity index (χ2v) is 7.97. The number of carbonyl (C=O) groups is 3. The van der Waals surface area contributed by atoms with Crippen molar-refractivity contribution in [3.05, 3.63) is 143 Å². The van der Waals surface area contributed by atoms with Crippen LogP contribution in [0.1, 0.15) is 47.8 Å². The third-order valence-electron chi connectivity index (χ3n) is 5.31. The number of fused-ring (bicyclic) bond motifs is 1. The Bertz CT molecular complexity index is 1350.